The Kier molecular flexibility index (Phi) is 2.41. The molecule has 0 fully saturated rings. The van der Waals surface area contributed by atoms with E-state index in [0.29, 0.717) is 13.0 Å². The third-order valence-corrected chi connectivity index (χ3v) is 3.91. The van der Waals surface area contributed by atoms with Gasteiger partial charge in [-0.2, -0.15) is 0 Å². The molecule has 13 heavy (non-hydrogen) atoms. The molecule has 3 N–H and O–H groups in total. The Hall–Kier alpha value is -0.380. The smallest absolute Gasteiger partial charge is 0.100 e. The van der Waals surface area contributed by atoms with Gasteiger partial charge in [0.2, 0.25) is 0 Å². The van der Waals surface area contributed by atoms with E-state index in [1.165, 1.54) is 5.56 Å². The molecule has 2 nitrogen and oxygen atoms in total. The average molecular weight is 197 g/mol. The van der Waals surface area contributed by atoms with Gasteiger partial charge < -0.3 is 10.8 Å². The summed E-state index contributed by atoms with van der Waals surface area (Å²) in [5, 5.41) is 12.4. The Balaban J connectivity index is 2.33. The maximum absolute atomic E-state index is 10.3. The highest BCUT2D eigenvalue weighted by Crippen LogP contribution is 2.40. The Labute approximate surface area is 82.4 Å². The summed E-state index contributed by atoms with van der Waals surface area (Å²) in [5.74, 6) is 0. The molecule has 0 aromatic carbocycles. The van der Waals surface area contributed by atoms with Gasteiger partial charge in [-0.15, -0.1) is 11.3 Å². The van der Waals surface area contributed by atoms with E-state index in [-0.39, 0.29) is 0 Å². The Morgan fingerprint density at radius 2 is 2.46 bits per heavy atom. The summed E-state index contributed by atoms with van der Waals surface area (Å²) in [5.41, 5.74) is 6.23. The lowest BCUT2D eigenvalue weighted by Gasteiger charge is -2.31. The molecule has 72 valence electrons. The molecule has 0 bridgehead atoms. The first-order valence-electron chi connectivity index (χ1n) is 4.75. The molecule has 1 aromatic rings. The van der Waals surface area contributed by atoms with Crippen LogP contribution in [0.25, 0.3) is 0 Å². The van der Waals surface area contributed by atoms with E-state index in [1.54, 1.807) is 11.3 Å². The van der Waals surface area contributed by atoms with Gasteiger partial charge in [0, 0.05) is 4.88 Å². The van der Waals surface area contributed by atoms with Crippen molar-refractivity contribution in [1.29, 1.82) is 0 Å². The van der Waals surface area contributed by atoms with Gasteiger partial charge >= 0.3 is 0 Å². The van der Waals surface area contributed by atoms with Crippen molar-refractivity contribution in [3.05, 3.63) is 21.9 Å². The van der Waals surface area contributed by atoms with Crippen LogP contribution in [-0.4, -0.2) is 11.7 Å². The molecule has 1 unspecified atom stereocenters. The lowest BCUT2D eigenvalue weighted by Crippen LogP contribution is -2.31. The van der Waals surface area contributed by atoms with Gasteiger partial charge in [0.25, 0.3) is 0 Å². The van der Waals surface area contributed by atoms with Crippen molar-refractivity contribution in [3.8, 4) is 0 Å². The second-order valence-electron chi connectivity index (χ2n) is 3.70. The number of thiophene rings is 1. The maximum Gasteiger partial charge on any atom is 0.100 e. The number of hydrogen-bond donors (Lipinski definition) is 2. The van der Waals surface area contributed by atoms with E-state index in [2.05, 4.69) is 11.4 Å². The fourth-order valence-electron chi connectivity index (χ4n) is 2.10. The van der Waals surface area contributed by atoms with Crippen molar-refractivity contribution >= 4 is 11.3 Å². The molecular weight excluding hydrogens is 182 g/mol. The molecule has 1 aromatic heterocycles. The summed E-state index contributed by atoms with van der Waals surface area (Å²) in [6.45, 7) is 0.563. The first-order valence-corrected chi connectivity index (χ1v) is 5.63. The standard InChI is InChI=1S/C10H15NOS/c11-6-5-10(12)4-1-2-8-3-7-13-9(8)10/h3,7,12H,1-2,4-6,11H2. The minimum absolute atomic E-state index is 0.563. The second-order valence-corrected chi connectivity index (χ2v) is 4.61. The van der Waals surface area contributed by atoms with Crippen LogP contribution < -0.4 is 5.73 Å². The van der Waals surface area contributed by atoms with Crippen LogP contribution in [0.5, 0.6) is 0 Å². The topological polar surface area (TPSA) is 46.2 Å². The molecular formula is C10H15NOS. The number of fused-ring (bicyclic) bond motifs is 1. The van der Waals surface area contributed by atoms with E-state index < -0.39 is 5.60 Å². The van der Waals surface area contributed by atoms with E-state index in [0.717, 1.165) is 24.1 Å². The summed E-state index contributed by atoms with van der Waals surface area (Å²) >= 11 is 1.67. The molecule has 1 atom stereocenters. The van der Waals surface area contributed by atoms with Crippen molar-refractivity contribution < 1.29 is 5.11 Å². The normalized spacial score (nSPS) is 27.2. The van der Waals surface area contributed by atoms with Crippen LogP contribution in [0.4, 0.5) is 0 Å². The summed E-state index contributed by atoms with van der Waals surface area (Å²) < 4.78 is 0. The number of aryl methyl sites for hydroxylation is 1. The first kappa shape index (κ1) is 9.19. The van der Waals surface area contributed by atoms with Gasteiger partial charge in [0.15, 0.2) is 0 Å². The number of hydrogen-bond acceptors (Lipinski definition) is 3. The van der Waals surface area contributed by atoms with Crippen molar-refractivity contribution in [2.45, 2.75) is 31.3 Å². The third-order valence-electron chi connectivity index (χ3n) is 2.76. The molecule has 0 saturated heterocycles. The minimum atomic E-state index is -0.615. The highest BCUT2D eigenvalue weighted by molar-refractivity contribution is 7.10. The van der Waals surface area contributed by atoms with Gasteiger partial charge in [-0.25, -0.2) is 0 Å². The maximum atomic E-state index is 10.3. The molecule has 2 rings (SSSR count). The zero-order valence-electron chi connectivity index (χ0n) is 7.62. The summed E-state index contributed by atoms with van der Waals surface area (Å²) in [4.78, 5) is 1.16. The molecule has 0 spiro atoms. The lowest BCUT2D eigenvalue weighted by atomic mass is 9.83. The van der Waals surface area contributed by atoms with Crippen molar-refractivity contribution in [2.24, 2.45) is 5.73 Å². The van der Waals surface area contributed by atoms with Gasteiger partial charge in [-0.1, -0.05) is 0 Å². The van der Waals surface area contributed by atoms with E-state index >= 15 is 0 Å². The number of aliphatic hydroxyl groups is 1. The predicted molar refractivity (Wildman–Crippen MR) is 54.8 cm³/mol. The predicted octanol–water partition coefficient (Wildman–Crippen LogP) is 1.62. The molecule has 0 amide bonds. The zero-order valence-corrected chi connectivity index (χ0v) is 8.44. The molecule has 0 aliphatic heterocycles. The minimum Gasteiger partial charge on any atom is -0.384 e. The van der Waals surface area contributed by atoms with Crippen LogP contribution in [0.2, 0.25) is 0 Å². The summed E-state index contributed by atoms with van der Waals surface area (Å²) in [7, 11) is 0. The molecule has 3 heteroatoms. The SMILES string of the molecule is NCCC1(O)CCCc2ccsc21. The zero-order chi connectivity index (χ0) is 9.31. The first-order chi connectivity index (χ1) is 6.26. The lowest BCUT2D eigenvalue weighted by molar-refractivity contribution is 0.0165. The van der Waals surface area contributed by atoms with Gasteiger partial charge in [0.1, 0.15) is 5.60 Å². The third kappa shape index (κ3) is 1.52. The van der Waals surface area contributed by atoms with Crippen molar-refractivity contribution in [1.82, 2.24) is 0 Å². The van der Waals surface area contributed by atoms with Gasteiger partial charge in [-0.3, -0.25) is 0 Å². The Morgan fingerprint density at radius 1 is 1.62 bits per heavy atom. The average Bonchev–Trinajstić information content (AvgIpc) is 2.54. The molecule has 1 aliphatic rings. The summed E-state index contributed by atoms with van der Waals surface area (Å²) in [6, 6.07) is 2.13. The van der Waals surface area contributed by atoms with Crippen LogP contribution in [0.3, 0.4) is 0 Å². The Morgan fingerprint density at radius 3 is 3.23 bits per heavy atom. The molecule has 0 saturated carbocycles. The van der Waals surface area contributed by atoms with Gasteiger partial charge in [0.05, 0.1) is 0 Å². The second kappa shape index (κ2) is 3.40. The Bertz CT molecular complexity index is 297. The quantitative estimate of drug-likeness (QED) is 0.757. The largest absolute Gasteiger partial charge is 0.384 e. The number of rotatable bonds is 2. The van der Waals surface area contributed by atoms with Crippen LogP contribution in [0.15, 0.2) is 11.4 Å². The van der Waals surface area contributed by atoms with Crippen LogP contribution in [0.1, 0.15) is 29.7 Å². The van der Waals surface area contributed by atoms with Crippen molar-refractivity contribution in [3.63, 3.8) is 0 Å². The van der Waals surface area contributed by atoms with Crippen LogP contribution in [0, 0.1) is 0 Å². The van der Waals surface area contributed by atoms with Crippen molar-refractivity contribution in [2.75, 3.05) is 6.54 Å². The van der Waals surface area contributed by atoms with Gasteiger partial charge in [-0.05, 0) is 49.2 Å². The van der Waals surface area contributed by atoms with Crippen LogP contribution in [-0.2, 0) is 12.0 Å². The fraction of sp³-hybridized carbons (Fsp3) is 0.600. The molecule has 1 heterocycles. The monoisotopic (exact) mass is 197 g/mol. The molecule has 0 radical (unpaired) electrons. The van der Waals surface area contributed by atoms with Crippen LogP contribution >= 0.6 is 11.3 Å². The van der Waals surface area contributed by atoms with E-state index in [4.69, 9.17) is 5.73 Å². The number of nitrogens with two attached hydrogens (primary N) is 1. The molecule has 1 aliphatic carbocycles. The fourth-order valence-corrected chi connectivity index (χ4v) is 3.22. The summed E-state index contributed by atoms with van der Waals surface area (Å²) in [6.07, 6.45) is 3.77. The highest BCUT2D eigenvalue weighted by atomic mass is 32.1. The van der Waals surface area contributed by atoms with E-state index in [9.17, 15) is 5.11 Å². The van der Waals surface area contributed by atoms with E-state index in [1.807, 2.05) is 0 Å². The highest BCUT2D eigenvalue weighted by Gasteiger charge is 2.34.